The fourth-order valence-corrected chi connectivity index (χ4v) is 1.16. The molecule has 9 heavy (non-hydrogen) atoms. The number of aliphatic imine (C=N–C) groups is 1. The van der Waals surface area contributed by atoms with Gasteiger partial charge in [-0.15, -0.1) is 0 Å². The molecule has 0 aromatic heterocycles. The summed E-state index contributed by atoms with van der Waals surface area (Å²) in [5, 5.41) is 0. The molecule has 2 aliphatic rings. The lowest BCUT2D eigenvalue weighted by Gasteiger charge is -2.01. The van der Waals surface area contributed by atoms with E-state index in [-0.39, 0.29) is 0 Å². The van der Waals surface area contributed by atoms with Crippen molar-refractivity contribution in [2.75, 3.05) is 6.54 Å². The van der Waals surface area contributed by atoms with Gasteiger partial charge in [0.2, 0.25) is 0 Å². The van der Waals surface area contributed by atoms with E-state index in [9.17, 15) is 0 Å². The average molecular weight is 118 g/mol. The number of allylic oxidation sites excluding steroid dienone is 3. The lowest BCUT2D eigenvalue weighted by atomic mass is 10.0. The van der Waals surface area contributed by atoms with Gasteiger partial charge in [0.1, 0.15) is 0 Å². The first-order chi connectivity index (χ1) is 4.47. The van der Waals surface area contributed by atoms with Crippen molar-refractivity contribution < 1.29 is 0 Å². The van der Waals surface area contributed by atoms with Crippen LogP contribution in [0.1, 0.15) is 6.42 Å². The van der Waals surface area contributed by atoms with Crippen molar-refractivity contribution in [1.82, 2.24) is 0 Å². The highest BCUT2D eigenvalue weighted by atomic mass is 14.8. The molecule has 1 aliphatic heterocycles. The fraction of sp³-hybridized carbons (Fsp3) is 0.250. The number of hydrogen-bond donors (Lipinski definition) is 0. The average Bonchev–Trinajstić information content (AvgIpc) is 2.33. The van der Waals surface area contributed by atoms with Crippen LogP contribution in [-0.2, 0) is 0 Å². The highest BCUT2D eigenvalue weighted by Crippen LogP contribution is 2.17. The fourth-order valence-electron chi connectivity index (χ4n) is 1.16. The summed E-state index contributed by atoms with van der Waals surface area (Å²) in [6, 6.07) is 0. The summed E-state index contributed by atoms with van der Waals surface area (Å²) < 4.78 is 0. The molecule has 0 spiro atoms. The first-order valence-corrected chi connectivity index (χ1v) is 3.20. The van der Waals surface area contributed by atoms with Crippen molar-refractivity contribution in [2.45, 2.75) is 6.42 Å². The standard InChI is InChI=1S/C8H8N/c1-2-4-8-7(3-1)5-6-9-8/h1-3,5H,4,6H2. The summed E-state index contributed by atoms with van der Waals surface area (Å²) in [6.07, 6.45) is 9.55. The van der Waals surface area contributed by atoms with Crippen molar-refractivity contribution in [3.8, 4) is 0 Å². The zero-order valence-electron chi connectivity index (χ0n) is 5.17. The molecule has 0 fully saturated rings. The zero-order chi connectivity index (χ0) is 6.10. The van der Waals surface area contributed by atoms with Crippen molar-refractivity contribution >= 4 is 5.71 Å². The van der Waals surface area contributed by atoms with Crippen LogP contribution < -0.4 is 0 Å². The molecular formula is C8H8N. The van der Waals surface area contributed by atoms with E-state index < -0.39 is 0 Å². The summed E-state index contributed by atoms with van der Waals surface area (Å²) in [4.78, 5) is 4.30. The highest BCUT2D eigenvalue weighted by Gasteiger charge is 2.12. The van der Waals surface area contributed by atoms with Gasteiger partial charge in [0.15, 0.2) is 0 Å². The Kier molecular flexibility index (Phi) is 1.01. The minimum atomic E-state index is 0.892. The Morgan fingerprint density at radius 2 is 2.44 bits per heavy atom. The third kappa shape index (κ3) is 0.727. The van der Waals surface area contributed by atoms with Gasteiger partial charge in [-0.25, -0.2) is 0 Å². The van der Waals surface area contributed by atoms with Gasteiger partial charge < -0.3 is 0 Å². The minimum Gasteiger partial charge on any atom is -0.288 e. The van der Waals surface area contributed by atoms with Crippen LogP contribution >= 0.6 is 0 Å². The molecule has 1 radical (unpaired) electrons. The monoisotopic (exact) mass is 118 g/mol. The molecule has 1 heterocycles. The molecule has 0 aromatic carbocycles. The normalized spacial score (nSPS) is 23.1. The topological polar surface area (TPSA) is 12.4 Å². The van der Waals surface area contributed by atoms with Gasteiger partial charge in [0, 0.05) is 25.1 Å². The molecule has 0 amide bonds. The number of hydrogen-bond acceptors (Lipinski definition) is 1. The lowest BCUT2D eigenvalue weighted by Crippen LogP contribution is -1.98. The second-order valence-electron chi connectivity index (χ2n) is 2.25. The summed E-state index contributed by atoms with van der Waals surface area (Å²) in [6.45, 7) is 0.892. The van der Waals surface area contributed by atoms with E-state index in [1.807, 2.05) is 0 Å². The Balaban J connectivity index is 2.37. The Morgan fingerprint density at radius 1 is 1.44 bits per heavy atom. The summed E-state index contributed by atoms with van der Waals surface area (Å²) in [5.41, 5.74) is 2.59. The molecule has 0 saturated heterocycles. The largest absolute Gasteiger partial charge is 0.288 e. The Hall–Kier alpha value is -0.850. The van der Waals surface area contributed by atoms with E-state index in [1.165, 1.54) is 11.3 Å². The first kappa shape index (κ1) is 4.98. The van der Waals surface area contributed by atoms with E-state index in [2.05, 4.69) is 29.6 Å². The van der Waals surface area contributed by atoms with Gasteiger partial charge in [-0.1, -0.05) is 18.2 Å². The second kappa shape index (κ2) is 1.83. The smallest absolute Gasteiger partial charge is 0.0468 e. The molecule has 0 atom stereocenters. The van der Waals surface area contributed by atoms with Gasteiger partial charge in [-0.2, -0.15) is 0 Å². The van der Waals surface area contributed by atoms with Crippen LogP contribution in [0.5, 0.6) is 0 Å². The van der Waals surface area contributed by atoms with E-state index in [4.69, 9.17) is 0 Å². The molecule has 0 aromatic rings. The van der Waals surface area contributed by atoms with Crippen LogP contribution in [0.2, 0.25) is 0 Å². The highest BCUT2D eigenvalue weighted by molar-refractivity contribution is 6.05. The lowest BCUT2D eigenvalue weighted by molar-refractivity contribution is 1.22. The molecule has 1 heteroatoms. The van der Waals surface area contributed by atoms with Crippen LogP contribution in [-0.4, -0.2) is 12.3 Å². The van der Waals surface area contributed by atoms with E-state index in [0.29, 0.717) is 0 Å². The molecule has 0 unspecified atom stereocenters. The van der Waals surface area contributed by atoms with Crippen LogP contribution in [0.4, 0.5) is 0 Å². The number of nitrogens with zero attached hydrogens (tertiary/aromatic N) is 1. The summed E-state index contributed by atoms with van der Waals surface area (Å²) in [5.74, 6) is 0. The molecule has 1 aliphatic carbocycles. The molecule has 2 rings (SSSR count). The van der Waals surface area contributed by atoms with E-state index >= 15 is 0 Å². The van der Waals surface area contributed by atoms with Gasteiger partial charge in [0.25, 0.3) is 0 Å². The van der Waals surface area contributed by atoms with E-state index in [0.717, 1.165) is 13.0 Å². The van der Waals surface area contributed by atoms with Crippen LogP contribution in [0.25, 0.3) is 0 Å². The molecular weight excluding hydrogens is 110 g/mol. The Bertz CT molecular complexity index is 209. The predicted molar refractivity (Wildman–Crippen MR) is 38.4 cm³/mol. The second-order valence-corrected chi connectivity index (χ2v) is 2.25. The van der Waals surface area contributed by atoms with Gasteiger partial charge in [-0.3, -0.25) is 4.99 Å². The molecule has 0 bridgehead atoms. The molecule has 45 valence electrons. The maximum Gasteiger partial charge on any atom is 0.0468 e. The predicted octanol–water partition coefficient (Wildman–Crippen LogP) is 1.53. The van der Waals surface area contributed by atoms with Crippen LogP contribution in [0.15, 0.2) is 28.8 Å². The zero-order valence-corrected chi connectivity index (χ0v) is 5.17. The molecule has 0 saturated carbocycles. The van der Waals surface area contributed by atoms with E-state index in [1.54, 1.807) is 0 Å². The van der Waals surface area contributed by atoms with Crippen molar-refractivity contribution in [3.63, 3.8) is 0 Å². The summed E-state index contributed by atoms with van der Waals surface area (Å²) >= 11 is 0. The Labute approximate surface area is 54.8 Å². The number of rotatable bonds is 0. The quantitative estimate of drug-likeness (QED) is 0.457. The van der Waals surface area contributed by atoms with Gasteiger partial charge in [-0.05, 0) is 5.57 Å². The Morgan fingerprint density at radius 3 is 3.33 bits per heavy atom. The third-order valence-corrected chi connectivity index (χ3v) is 1.65. The molecule has 0 N–H and O–H groups in total. The summed E-state index contributed by atoms with van der Waals surface area (Å²) in [7, 11) is 0. The maximum atomic E-state index is 4.30. The van der Waals surface area contributed by atoms with Gasteiger partial charge >= 0.3 is 0 Å². The van der Waals surface area contributed by atoms with Gasteiger partial charge in [0.05, 0.1) is 0 Å². The molecule has 1 nitrogen and oxygen atoms in total. The van der Waals surface area contributed by atoms with Crippen LogP contribution in [0, 0.1) is 6.42 Å². The van der Waals surface area contributed by atoms with Crippen molar-refractivity contribution in [2.24, 2.45) is 4.99 Å². The van der Waals surface area contributed by atoms with Crippen molar-refractivity contribution in [3.05, 3.63) is 30.2 Å². The minimum absolute atomic E-state index is 0.892. The first-order valence-electron chi connectivity index (χ1n) is 3.20. The third-order valence-electron chi connectivity index (χ3n) is 1.65. The SMILES string of the molecule is [CH]1CN=C2CC=CC=C12. The maximum absolute atomic E-state index is 4.30. The number of fused-ring (bicyclic) bond motifs is 1. The van der Waals surface area contributed by atoms with Crippen molar-refractivity contribution in [1.29, 1.82) is 0 Å². The van der Waals surface area contributed by atoms with Crippen LogP contribution in [0.3, 0.4) is 0 Å².